The summed E-state index contributed by atoms with van der Waals surface area (Å²) in [6.07, 6.45) is 2.84. The number of carbonyl (C=O) groups excluding carboxylic acids is 1. The van der Waals surface area contributed by atoms with Crippen LogP contribution in [0.15, 0.2) is 54.4 Å². The lowest BCUT2D eigenvalue weighted by Gasteiger charge is -2.20. The molecular formula is C22H31NO3SSi. The van der Waals surface area contributed by atoms with Gasteiger partial charge in [0.1, 0.15) is 11.9 Å². The van der Waals surface area contributed by atoms with Crippen LogP contribution in [0.25, 0.3) is 0 Å². The van der Waals surface area contributed by atoms with Crippen LogP contribution >= 0.6 is 11.3 Å². The van der Waals surface area contributed by atoms with Crippen molar-refractivity contribution in [2.24, 2.45) is 0 Å². The maximum atomic E-state index is 11.9. The molecule has 1 atom stereocenters. The quantitative estimate of drug-likeness (QED) is 0.357. The van der Waals surface area contributed by atoms with Crippen molar-refractivity contribution >= 4 is 25.5 Å². The third-order valence-corrected chi connectivity index (χ3v) is 6.90. The number of para-hydroxylation sites is 1. The summed E-state index contributed by atoms with van der Waals surface area (Å²) in [6, 6.07) is 13.1. The predicted molar refractivity (Wildman–Crippen MR) is 120 cm³/mol. The van der Waals surface area contributed by atoms with Crippen LogP contribution in [-0.2, 0) is 11.2 Å². The van der Waals surface area contributed by atoms with Crippen molar-refractivity contribution in [2.75, 3.05) is 13.2 Å². The van der Waals surface area contributed by atoms with E-state index in [4.69, 9.17) is 9.47 Å². The first-order chi connectivity index (χ1) is 13.4. The van der Waals surface area contributed by atoms with Gasteiger partial charge in [0.2, 0.25) is 0 Å². The van der Waals surface area contributed by atoms with E-state index in [0.717, 1.165) is 28.7 Å². The third kappa shape index (κ3) is 7.90. The van der Waals surface area contributed by atoms with E-state index >= 15 is 0 Å². The molecule has 1 aromatic carbocycles. The molecule has 1 N–H and O–H groups in total. The summed E-state index contributed by atoms with van der Waals surface area (Å²) in [5.74, 6) is 0.860. The summed E-state index contributed by atoms with van der Waals surface area (Å²) >= 11 is 1.66. The van der Waals surface area contributed by atoms with Crippen molar-refractivity contribution in [3.05, 3.63) is 64.9 Å². The van der Waals surface area contributed by atoms with Gasteiger partial charge in [-0.2, -0.15) is 0 Å². The lowest BCUT2D eigenvalue weighted by molar-refractivity contribution is 0.147. The Hall–Kier alpha value is -2.05. The number of rotatable bonds is 11. The van der Waals surface area contributed by atoms with Crippen LogP contribution in [0.3, 0.4) is 0 Å². The molecule has 0 fully saturated rings. The Morgan fingerprint density at radius 3 is 2.71 bits per heavy atom. The highest BCUT2D eigenvalue weighted by Crippen LogP contribution is 2.30. The van der Waals surface area contributed by atoms with Crippen molar-refractivity contribution in [3.63, 3.8) is 0 Å². The minimum Gasteiger partial charge on any atom is -0.485 e. The summed E-state index contributed by atoms with van der Waals surface area (Å²) in [4.78, 5) is 13.1. The number of nitrogens with one attached hydrogen (secondary N) is 1. The minimum atomic E-state index is -1.20. The Labute approximate surface area is 173 Å². The maximum Gasteiger partial charge on any atom is 0.407 e. The van der Waals surface area contributed by atoms with E-state index in [1.54, 1.807) is 11.3 Å². The first kappa shape index (κ1) is 22.2. The Kier molecular flexibility index (Phi) is 8.79. The average Bonchev–Trinajstić information content (AvgIpc) is 3.16. The number of amides is 1. The minimum absolute atomic E-state index is 0.117. The van der Waals surface area contributed by atoms with Crippen molar-refractivity contribution in [3.8, 4) is 5.75 Å². The van der Waals surface area contributed by atoms with Crippen molar-refractivity contribution in [1.82, 2.24) is 5.32 Å². The molecule has 0 saturated carbocycles. The molecule has 152 valence electrons. The smallest absolute Gasteiger partial charge is 0.407 e. The van der Waals surface area contributed by atoms with E-state index in [1.807, 2.05) is 35.7 Å². The number of ether oxygens (including phenoxy) is 2. The molecule has 0 unspecified atom stereocenters. The van der Waals surface area contributed by atoms with Crippen molar-refractivity contribution in [1.29, 1.82) is 0 Å². The molecule has 0 aliphatic heterocycles. The van der Waals surface area contributed by atoms with Gasteiger partial charge in [0.25, 0.3) is 0 Å². The zero-order valence-electron chi connectivity index (χ0n) is 17.1. The average molecular weight is 418 g/mol. The van der Waals surface area contributed by atoms with Crippen LogP contribution in [0, 0.1) is 0 Å². The summed E-state index contributed by atoms with van der Waals surface area (Å²) in [6.45, 7) is 11.6. The number of benzene rings is 1. The van der Waals surface area contributed by atoms with Gasteiger partial charge in [0, 0.05) is 25.9 Å². The van der Waals surface area contributed by atoms with Gasteiger partial charge >= 0.3 is 6.09 Å². The molecule has 0 aliphatic rings. The molecule has 1 amide bonds. The van der Waals surface area contributed by atoms with Crippen LogP contribution in [0.2, 0.25) is 25.7 Å². The van der Waals surface area contributed by atoms with Crippen LogP contribution < -0.4 is 10.1 Å². The molecule has 2 aromatic rings. The molecule has 0 saturated heterocycles. The fourth-order valence-corrected chi connectivity index (χ4v) is 4.14. The van der Waals surface area contributed by atoms with Gasteiger partial charge in [0.15, 0.2) is 0 Å². The van der Waals surface area contributed by atoms with E-state index in [9.17, 15) is 4.79 Å². The number of hydrogen-bond donors (Lipinski definition) is 1. The SMILES string of the molecule is C=CCc1ccccc1O[C@H](CCNC(=O)OCC[Si](C)(C)C)c1cccs1. The first-order valence-corrected chi connectivity index (χ1v) is 14.3. The molecule has 2 rings (SSSR count). The van der Waals surface area contributed by atoms with Gasteiger partial charge in [-0.05, 0) is 35.5 Å². The van der Waals surface area contributed by atoms with Crippen LogP contribution in [0.1, 0.15) is 23.0 Å². The third-order valence-electron chi connectivity index (χ3n) is 4.23. The Balaban J connectivity index is 1.91. The van der Waals surface area contributed by atoms with E-state index < -0.39 is 8.07 Å². The van der Waals surface area contributed by atoms with Crippen LogP contribution in [-0.4, -0.2) is 27.3 Å². The van der Waals surface area contributed by atoms with Gasteiger partial charge in [-0.15, -0.1) is 17.9 Å². The molecule has 0 spiro atoms. The number of allylic oxidation sites excluding steroid dienone is 1. The fourth-order valence-electron chi connectivity index (χ4n) is 2.64. The number of alkyl carbamates (subject to hydrolysis) is 1. The standard InChI is InChI=1S/C22H31NO3SSi/c1-5-9-18-10-6-7-11-19(18)26-20(21-12-8-16-27-21)13-14-23-22(24)25-15-17-28(2,3)4/h5-8,10-12,16,20H,1,9,13-15,17H2,2-4H3,(H,23,24)/t20-/m1/s1. The second-order valence-electron chi connectivity index (χ2n) is 7.88. The molecule has 28 heavy (non-hydrogen) atoms. The van der Waals surface area contributed by atoms with Crippen LogP contribution in [0.5, 0.6) is 5.75 Å². The number of carbonyl (C=O) groups is 1. The monoisotopic (exact) mass is 417 g/mol. The maximum absolute atomic E-state index is 11.9. The molecule has 0 bridgehead atoms. The van der Waals surface area contributed by atoms with Crippen molar-refractivity contribution < 1.29 is 14.3 Å². The topological polar surface area (TPSA) is 47.6 Å². The second-order valence-corrected chi connectivity index (χ2v) is 14.5. The Morgan fingerprint density at radius 2 is 2.04 bits per heavy atom. The van der Waals surface area contributed by atoms with Crippen molar-refractivity contribution in [2.45, 2.75) is 44.6 Å². The summed E-state index contributed by atoms with van der Waals surface area (Å²) in [5.41, 5.74) is 1.11. The molecule has 1 aromatic heterocycles. The fraction of sp³-hybridized carbons (Fsp3) is 0.409. The van der Waals surface area contributed by atoms with Gasteiger partial charge < -0.3 is 14.8 Å². The van der Waals surface area contributed by atoms with E-state index in [-0.39, 0.29) is 12.2 Å². The Morgan fingerprint density at radius 1 is 1.25 bits per heavy atom. The molecule has 1 heterocycles. The lowest BCUT2D eigenvalue weighted by atomic mass is 10.1. The second kappa shape index (κ2) is 11.1. The van der Waals surface area contributed by atoms with E-state index in [2.05, 4.69) is 43.7 Å². The first-order valence-electron chi connectivity index (χ1n) is 9.68. The zero-order chi connectivity index (χ0) is 20.4. The summed E-state index contributed by atoms with van der Waals surface area (Å²) < 4.78 is 11.6. The Bertz CT molecular complexity index is 740. The van der Waals surface area contributed by atoms with Gasteiger partial charge in [-0.3, -0.25) is 0 Å². The summed E-state index contributed by atoms with van der Waals surface area (Å²) in [5, 5.41) is 4.89. The molecule has 4 nitrogen and oxygen atoms in total. The highest BCUT2D eigenvalue weighted by atomic mass is 32.1. The van der Waals surface area contributed by atoms with E-state index in [1.165, 1.54) is 0 Å². The zero-order valence-corrected chi connectivity index (χ0v) is 18.9. The van der Waals surface area contributed by atoms with Crippen LogP contribution in [0.4, 0.5) is 4.79 Å². The van der Waals surface area contributed by atoms with E-state index in [0.29, 0.717) is 19.6 Å². The number of thiophene rings is 1. The molecular weight excluding hydrogens is 386 g/mol. The molecule has 0 aliphatic carbocycles. The predicted octanol–water partition coefficient (Wildman–Crippen LogP) is 6.05. The largest absolute Gasteiger partial charge is 0.485 e. The highest BCUT2D eigenvalue weighted by molar-refractivity contribution is 7.10. The summed E-state index contributed by atoms with van der Waals surface area (Å²) in [7, 11) is -1.20. The van der Waals surface area contributed by atoms with Gasteiger partial charge in [0.05, 0.1) is 6.61 Å². The highest BCUT2D eigenvalue weighted by Gasteiger charge is 2.17. The van der Waals surface area contributed by atoms with Gasteiger partial charge in [-0.1, -0.05) is 50.0 Å². The molecule has 6 heteroatoms. The molecule has 0 radical (unpaired) electrons. The van der Waals surface area contributed by atoms with Gasteiger partial charge in [-0.25, -0.2) is 4.79 Å². The number of hydrogen-bond acceptors (Lipinski definition) is 4. The lowest BCUT2D eigenvalue weighted by Crippen LogP contribution is -2.29. The normalized spacial score (nSPS) is 12.2.